The fraction of sp³-hybridized carbons (Fsp3) is 0.272. The van der Waals surface area contributed by atoms with Crippen LogP contribution in [0.4, 0.5) is 0 Å². The number of thiazole rings is 1. The van der Waals surface area contributed by atoms with Gasteiger partial charge >= 0.3 is 0 Å². The van der Waals surface area contributed by atoms with Crippen molar-refractivity contribution >= 4 is 11.3 Å². The van der Waals surface area contributed by atoms with E-state index in [4.69, 9.17) is 18.9 Å². The van der Waals surface area contributed by atoms with Crippen LogP contribution in [-0.4, -0.2) is 22.1 Å². The van der Waals surface area contributed by atoms with Gasteiger partial charge in [0.1, 0.15) is 31.3 Å². The van der Waals surface area contributed by atoms with Crippen molar-refractivity contribution in [2.45, 2.75) is 159 Å². The van der Waals surface area contributed by atoms with Gasteiger partial charge in [-0.25, -0.2) is 15.0 Å². The molecule has 0 unspecified atom stereocenters. The Bertz CT molecular complexity index is 4290. The molecule has 3 heterocycles. The van der Waals surface area contributed by atoms with Crippen LogP contribution < -0.4 is 18.9 Å². The number of aromatic nitrogens is 3. The Morgan fingerprint density at radius 1 is 0.310 bits per heavy atom. The lowest BCUT2D eigenvalue weighted by Gasteiger charge is -2.12. The molecule has 0 saturated carbocycles. The van der Waals surface area contributed by atoms with Crippen LogP contribution in [0.1, 0.15) is 185 Å². The molecule has 0 atom stereocenters. The Morgan fingerprint density at radius 3 is 1.22 bits per heavy atom. The summed E-state index contributed by atoms with van der Waals surface area (Å²) in [5.74, 6) is 6.54. The van der Waals surface area contributed by atoms with Crippen molar-refractivity contribution in [1.82, 2.24) is 15.0 Å². The first-order valence-electron chi connectivity index (χ1n) is 35.2. The summed E-state index contributed by atoms with van der Waals surface area (Å²) in [6, 6.07) is 87.9. The van der Waals surface area contributed by atoms with Crippen LogP contribution in [0.2, 0.25) is 0 Å². The summed E-state index contributed by atoms with van der Waals surface area (Å²) in [6.45, 7) is 34.4. The van der Waals surface area contributed by atoms with E-state index in [1.54, 1.807) is 24.6 Å². The molecule has 3 aromatic heterocycles. The first kappa shape index (κ1) is 77.5. The van der Waals surface area contributed by atoms with Crippen LogP contribution >= 0.6 is 11.3 Å². The van der Waals surface area contributed by atoms with Crippen LogP contribution in [0.25, 0.3) is 32.7 Å². The van der Waals surface area contributed by atoms with Gasteiger partial charge in [0, 0.05) is 36.3 Å². The van der Waals surface area contributed by atoms with Gasteiger partial charge < -0.3 is 18.9 Å². The van der Waals surface area contributed by atoms with E-state index < -0.39 is 0 Å². The molecule has 0 saturated heterocycles. The second kappa shape index (κ2) is 40.9. The molecule has 0 radical (unpaired) electrons. The zero-order valence-electron chi connectivity index (χ0n) is 61.9. The molecule has 12 aromatic rings. The molecule has 0 aliphatic rings. The maximum absolute atomic E-state index is 5.91. The van der Waals surface area contributed by atoms with Crippen molar-refractivity contribution in [3.63, 3.8) is 0 Å². The highest BCUT2D eigenvalue weighted by molar-refractivity contribution is 7.15. The van der Waals surface area contributed by atoms with Gasteiger partial charge in [-0.2, -0.15) is 0 Å². The van der Waals surface area contributed by atoms with Gasteiger partial charge in [0.25, 0.3) is 0 Å². The summed E-state index contributed by atoms with van der Waals surface area (Å²) in [6.07, 6.45) is 5.64. The van der Waals surface area contributed by atoms with Gasteiger partial charge in [-0.05, 0) is 158 Å². The fourth-order valence-corrected chi connectivity index (χ4v) is 11.2. The smallest absolute Gasteiger partial charge is 0.213 e. The summed E-state index contributed by atoms with van der Waals surface area (Å²) in [4.78, 5) is 14.1. The summed E-state index contributed by atoms with van der Waals surface area (Å²) in [7, 11) is 1.71. The van der Waals surface area contributed by atoms with Crippen LogP contribution in [0.3, 0.4) is 0 Å². The molecular weight excluding hydrogens is 1240 g/mol. The number of hydrogen-bond donors (Lipinski definition) is 0. The minimum absolute atomic E-state index is 0.497. The van der Waals surface area contributed by atoms with E-state index in [0.717, 1.165) is 33.2 Å². The maximum atomic E-state index is 5.91. The summed E-state index contributed by atoms with van der Waals surface area (Å²) < 4.78 is 22.6. The molecule has 0 aliphatic heterocycles. The predicted octanol–water partition coefficient (Wildman–Crippen LogP) is 25.8. The number of pyridine rings is 2. The maximum Gasteiger partial charge on any atom is 0.213 e. The van der Waals surface area contributed by atoms with Crippen molar-refractivity contribution in [3.05, 3.63) is 340 Å². The first-order chi connectivity index (χ1) is 48.2. The van der Waals surface area contributed by atoms with Crippen LogP contribution in [-0.2, 0) is 19.8 Å². The normalized spacial score (nSPS) is 10.7. The SMILES string of the molecule is CC(C)c1ccc(OCc2ccccc2)nc1.CC(C)c1ccnc(OCc2ccccc2)c1.COc1ccccc1-c1cccc(C(C)C)c1.Cc1ccc(C(C)C)cc1OCc1ccccc1.Cc1ccccc1-c1cccc(C(C)C)c1.Cc1ncc(-c2cccc(C(C)C)c2)s1. The van der Waals surface area contributed by atoms with E-state index >= 15 is 0 Å². The number of para-hydroxylation sites is 1. The number of nitrogens with zero attached hydrogens (tertiary/aromatic N) is 3. The van der Waals surface area contributed by atoms with Crippen molar-refractivity contribution in [2.24, 2.45) is 0 Å². The number of hydrogen-bond acceptors (Lipinski definition) is 8. The Balaban J connectivity index is 0.000000169. The minimum atomic E-state index is 0.497. The zero-order chi connectivity index (χ0) is 71.8. The first-order valence-corrected chi connectivity index (χ1v) is 36.0. The third kappa shape index (κ3) is 25.8. The van der Waals surface area contributed by atoms with Gasteiger partial charge in [0.2, 0.25) is 11.8 Å². The largest absolute Gasteiger partial charge is 0.496 e. The number of ether oxygens (including phenoxy) is 4. The van der Waals surface area contributed by atoms with Crippen LogP contribution in [0, 0.1) is 20.8 Å². The number of methoxy groups -OCH3 is 1. The summed E-state index contributed by atoms with van der Waals surface area (Å²) >= 11 is 1.75. The average molecular weight is 1350 g/mol. The highest BCUT2D eigenvalue weighted by Crippen LogP contribution is 2.33. The lowest BCUT2D eigenvalue weighted by atomic mass is 9.95. The average Bonchev–Trinajstić information content (AvgIpc) is 0.954. The van der Waals surface area contributed by atoms with Crippen molar-refractivity contribution in [1.29, 1.82) is 0 Å². The van der Waals surface area contributed by atoms with Gasteiger partial charge in [-0.3, -0.25) is 0 Å². The highest BCUT2D eigenvalue weighted by Gasteiger charge is 2.11. The molecule has 0 spiro atoms. The van der Waals surface area contributed by atoms with Gasteiger partial charge in [0.05, 0.1) is 17.0 Å². The number of benzene rings is 9. The fourth-order valence-electron chi connectivity index (χ4n) is 10.5. The monoisotopic (exact) mass is 1350 g/mol. The second-order valence-corrected chi connectivity index (χ2v) is 28.0. The molecular formula is C92H105N3O4S. The Labute approximate surface area is 603 Å². The van der Waals surface area contributed by atoms with Crippen LogP contribution in [0.5, 0.6) is 23.3 Å². The van der Waals surface area contributed by atoms with Gasteiger partial charge in [-0.1, -0.05) is 308 Å². The van der Waals surface area contributed by atoms with E-state index in [9.17, 15) is 0 Å². The molecule has 0 bridgehead atoms. The molecule has 100 heavy (non-hydrogen) atoms. The Kier molecular flexibility index (Phi) is 31.7. The lowest BCUT2D eigenvalue weighted by Crippen LogP contribution is -1.98. The molecule has 7 nitrogen and oxygen atoms in total. The standard InChI is InChI=1S/C17H20O.C16H18O.C16H18.2C15H17NO.C13H15NS/c1-13(2)16-10-9-14(3)17(11-16)18-12-15-7-5-4-6-8-15;1-12(2)13-7-6-8-14(11-13)15-9-4-5-10-16(15)17-3;1-12(2)14-8-6-9-15(11-14)16-10-5-4-7-13(16)3;1-12(2)14-8-9-16-15(10-14)17-11-13-6-4-3-5-7-13;1-12(2)14-8-9-15(16-10-14)17-11-13-6-4-3-5-7-13;1-9(2)11-5-4-6-12(7-11)13-8-14-10(3)15-13/h4-11,13H,12H2,1-3H3;4-12H,1-3H3;4-12H,1-3H3;2*3-10,12H,11H2,1-2H3;4-9H,1-3H3. The summed E-state index contributed by atoms with van der Waals surface area (Å²) in [5.41, 5.74) is 20.3. The molecule has 0 amide bonds. The minimum Gasteiger partial charge on any atom is -0.496 e. The third-order valence-electron chi connectivity index (χ3n) is 16.9. The molecule has 518 valence electrons. The molecule has 8 heteroatoms. The van der Waals surface area contributed by atoms with Crippen molar-refractivity contribution in [2.75, 3.05) is 7.11 Å². The van der Waals surface area contributed by atoms with Crippen molar-refractivity contribution < 1.29 is 18.9 Å². The third-order valence-corrected chi connectivity index (χ3v) is 17.8. The molecule has 9 aromatic carbocycles. The van der Waals surface area contributed by atoms with Gasteiger partial charge in [0.15, 0.2) is 0 Å². The lowest BCUT2D eigenvalue weighted by molar-refractivity contribution is 0.293. The zero-order valence-corrected chi connectivity index (χ0v) is 62.8. The Hall–Kier alpha value is -9.89. The summed E-state index contributed by atoms with van der Waals surface area (Å²) in [5, 5.41) is 1.12. The van der Waals surface area contributed by atoms with Crippen molar-refractivity contribution in [3.8, 4) is 56.0 Å². The van der Waals surface area contributed by atoms with E-state index in [2.05, 4.69) is 251 Å². The van der Waals surface area contributed by atoms with Gasteiger partial charge in [-0.15, -0.1) is 11.3 Å². The van der Waals surface area contributed by atoms with Crippen LogP contribution in [0.15, 0.2) is 273 Å². The van der Waals surface area contributed by atoms with E-state index in [1.165, 1.54) is 77.2 Å². The molecule has 12 rings (SSSR count). The molecule has 0 fully saturated rings. The number of aryl methyl sites for hydroxylation is 3. The molecule has 0 N–H and O–H groups in total. The second-order valence-electron chi connectivity index (χ2n) is 26.8. The quantitative estimate of drug-likeness (QED) is 0.0798. The topological polar surface area (TPSA) is 75.6 Å². The van der Waals surface area contributed by atoms with E-state index in [1.807, 2.05) is 135 Å². The highest BCUT2D eigenvalue weighted by atomic mass is 32.1. The van der Waals surface area contributed by atoms with E-state index in [0.29, 0.717) is 67.1 Å². The predicted molar refractivity (Wildman–Crippen MR) is 424 cm³/mol. The number of rotatable bonds is 19. The van der Waals surface area contributed by atoms with E-state index in [-0.39, 0.29) is 0 Å². The molecule has 0 aliphatic carbocycles. The Morgan fingerprint density at radius 2 is 0.740 bits per heavy atom.